The molecule has 1 saturated heterocycles. The summed E-state index contributed by atoms with van der Waals surface area (Å²) in [6, 6.07) is 7.18. The molecule has 5 rings (SSSR count). The number of fused-ring (bicyclic) bond motifs is 2. The van der Waals surface area contributed by atoms with Crippen LogP contribution in [0, 0.1) is 11.3 Å². The zero-order valence-electron chi connectivity index (χ0n) is 16.6. The Hall–Kier alpha value is -1.81. The zero-order chi connectivity index (χ0) is 18.8. The van der Waals surface area contributed by atoms with Crippen molar-refractivity contribution < 1.29 is 4.79 Å². The van der Waals surface area contributed by atoms with E-state index in [4.69, 9.17) is 5.73 Å². The highest BCUT2D eigenvalue weighted by molar-refractivity contribution is 5.89. The van der Waals surface area contributed by atoms with Gasteiger partial charge in [-0.15, -0.1) is 0 Å². The average Bonchev–Trinajstić information content (AvgIpc) is 3.00. The van der Waals surface area contributed by atoms with Gasteiger partial charge in [0.05, 0.1) is 5.41 Å². The van der Waals surface area contributed by atoms with Crippen LogP contribution < -0.4 is 5.73 Å². The monoisotopic (exact) mass is 365 g/mol. The average molecular weight is 366 g/mol. The van der Waals surface area contributed by atoms with Crippen LogP contribution >= 0.6 is 0 Å². The quantitative estimate of drug-likeness (QED) is 0.884. The molecule has 2 fully saturated rings. The Balaban J connectivity index is 1.62. The molecule has 2 aromatic rings. The number of aromatic nitrogens is 1. The molecule has 1 saturated carbocycles. The van der Waals surface area contributed by atoms with Gasteiger partial charge < -0.3 is 15.2 Å². The number of nitrogens with zero attached hydrogens (tertiary/aromatic N) is 2. The van der Waals surface area contributed by atoms with E-state index in [2.05, 4.69) is 48.0 Å². The molecular formula is C23H31N3O. The molecule has 3 atom stereocenters. The maximum atomic E-state index is 12.9. The molecule has 4 heteroatoms. The van der Waals surface area contributed by atoms with E-state index in [1.807, 2.05) is 0 Å². The largest absolute Gasteiger partial charge is 0.369 e. The fourth-order valence-corrected chi connectivity index (χ4v) is 6.67. The van der Waals surface area contributed by atoms with E-state index in [1.165, 1.54) is 41.3 Å². The molecule has 4 nitrogen and oxygen atoms in total. The second kappa shape index (κ2) is 6.10. The van der Waals surface area contributed by atoms with E-state index < -0.39 is 0 Å². The Labute approximate surface area is 161 Å². The van der Waals surface area contributed by atoms with E-state index in [9.17, 15) is 4.79 Å². The molecule has 1 aliphatic heterocycles. The van der Waals surface area contributed by atoms with Gasteiger partial charge in [0.15, 0.2) is 0 Å². The molecule has 2 heterocycles. The molecule has 0 bridgehead atoms. The van der Waals surface area contributed by atoms with Crippen LogP contribution in [-0.2, 0) is 18.3 Å². The Morgan fingerprint density at radius 2 is 1.96 bits per heavy atom. The molecule has 1 amide bonds. The van der Waals surface area contributed by atoms with Gasteiger partial charge in [-0.3, -0.25) is 4.79 Å². The molecule has 144 valence electrons. The molecule has 0 radical (unpaired) electrons. The number of hydrogen-bond donors (Lipinski definition) is 1. The molecule has 1 aromatic heterocycles. The minimum atomic E-state index is -0.370. The van der Waals surface area contributed by atoms with Crippen molar-refractivity contribution >= 4 is 16.8 Å². The van der Waals surface area contributed by atoms with Crippen molar-refractivity contribution in [2.45, 2.75) is 56.9 Å². The summed E-state index contributed by atoms with van der Waals surface area (Å²) in [5.41, 5.74) is 9.99. The second-order valence-corrected chi connectivity index (χ2v) is 9.36. The van der Waals surface area contributed by atoms with Crippen molar-refractivity contribution in [3.63, 3.8) is 0 Å². The van der Waals surface area contributed by atoms with Crippen molar-refractivity contribution in [3.05, 3.63) is 35.5 Å². The number of amides is 1. The van der Waals surface area contributed by atoms with Crippen molar-refractivity contribution in [2.75, 3.05) is 13.6 Å². The smallest absolute Gasteiger partial charge is 0.225 e. The lowest BCUT2D eigenvalue weighted by molar-refractivity contribution is -0.138. The van der Waals surface area contributed by atoms with Gasteiger partial charge in [0.1, 0.15) is 0 Å². The molecule has 3 aliphatic rings. The maximum Gasteiger partial charge on any atom is 0.225 e. The third-order valence-corrected chi connectivity index (χ3v) is 7.98. The summed E-state index contributed by atoms with van der Waals surface area (Å²) in [6.07, 6.45) is 10.4. The van der Waals surface area contributed by atoms with Gasteiger partial charge in [0, 0.05) is 42.7 Å². The summed E-state index contributed by atoms with van der Waals surface area (Å²) in [5.74, 6) is 0.783. The molecule has 0 spiro atoms. The number of likely N-dealkylation sites (N-methyl/N-ethyl adjacent to an activating group) is 1. The van der Waals surface area contributed by atoms with E-state index in [0.29, 0.717) is 17.9 Å². The highest BCUT2D eigenvalue weighted by Crippen LogP contribution is 2.53. The fourth-order valence-electron chi connectivity index (χ4n) is 6.67. The summed E-state index contributed by atoms with van der Waals surface area (Å²) >= 11 is 0. The summed E-state index contributed by atoms with van der Waals surface area (Å²) in [5, 5.41) is 1.43. The highest BCUT2D eigenvalue weighted by Gasteiger charge is 2.53. The predicted molar refractivity (Wildman–Crippen MR) is 109 cm³/mol. The van der Waals surface area contributed by atoms with Gasteiger partial charge >= 0.3 is 0 Å². The molecule has 2 N–H and O–H groups in total. The third kappa shape index (κ3) is 2.42. The highest BCUT2D eigenvalue weighted by atomic mass is 16.1. The summed E-state index contributed by atoms with van der Waals surface area (Å²) in [7, 11) is 4.36. The first kappa shape index (κ1) is 17.3. The summed E-state index contributed by atoms with van der Waals surface area (Å²) in [4.78, 5) is 15.3. The number of nitrogens with two attached hydrogens (primary N) is 1. The Morgan fingerprint density at radius 3 is 2.70 bits per heavy atom. The van der Waals surface area contributed by atoms with E-state index in [1.54, 1.807) is 0 Å². The molecular weight excluding hydrogens is 334 g/mol. The number of likely N-dealkylation sites (tertiary alicyclic amines) is 1. The van der Waals surface area contributed by atoms with Gasteiger partial charge in [0.2, 0.25) is 5.91 Å². The molecule has 1 unspecified atom stereocenters. The minimum Gasteiger partial charge on any atom is -0.369 e. The van der Waals surface area contributed by atoms with Crippen molar-refractivity contribution in [1.82, 2.24) is 9.47 Å². The van der Waals surface area contributed by atoms with Gasteiger partial charge in [-0.2, -0.15) is 0 Å². The fraction of sp³-hybridized carbons (Fsp3) is 0.609. The number of carbonyl (C=O) groups excluding carboxylic acids is 1. The van der Waals surface area contributed by atoms with E-state index in [0.717, 1.165) is 32.2 Å². The van der Waals surface area contributed by atoms with Gasteiger partial charge in [0.25, 0.3) is 0 Å². The van der Waals surface area contributed by atoms with Crippen LogP contribution in [0.5, 0.6) is 0 Å². The minimum absolute atomic E-state index is 0.0641. The van der Waals surface area contributed by atoms with E-state index >= 15 is 0 Å². The first-order valence-electron chi connectivity index (χ1n) is 10.6. The van der Waals surface area contributed by atoms with Gasteiger partial charge in [-0.25, -0.2) is 0 Å². The van der Waals surface area contributed by atoms with Crippen LogP contribution in [-0.4, -0.2) is 35.0 Å². The summed E-state index contributed by atoms with van der Waals surface area (Å²) in [6.45, 7) is 0.826. The lowest BCUT2D eigenvalue weighted by Crippen LogP contribution is -2.59. The number of aryl methyl sites for hydroxylation is 1. The number of benzene rings is 1. The van der Waals surface area contributed by atoms with Crippen LogP contribution in [0.4, 0.5) is 0 Å². The maximum absolute atomic E-state index is 12.9. The van der Waals surface area contributed by atoms with E-state index in [-0.39, 0.29) is 11.3 Å². The Kier molecular flexibility index (Phi) is 3.91. The van der Waals surface area contributed by atoms with Crippen molar-refractivity contribution in [3.8, 4) is 0 Å². The van der Waals surface area contributed by atoms with Crippen LogP contribution in [0.3, 0.4) is 0 Å². The van der Waals surface area contributed by atoms with Gasteiger partial charge in [-0.1, -0.05) is 31.4 Å². The van der Waals surface area contributed by atoms with Crippen LogP contribution in [0.1, 0.15) is 55.6 Å². The summed E-state index contributed by atoms with van der Waals surface area (Å²) < 4.78 is 2.26. The first-order chi connectivity index (χ1) is 13.0. The Morgan fingerprint density at radius 1 is 1.19 bits per heavy atom. The Bertz CT molecular complexity index is 894. The molecule has 2 aliphatic carbocycles. The van der Waals surface area contributed by atoms with Crippen LogP contribution in [0.15, 0.2) is 24.4 Å². The zero-order valence-corrected chi connectivity index (χ0v) is 16.6. The number of carbonyl (C=O) groups is 1. The normalized spacial score (nSPS) is 31.8. The topological polar surface area (TPSA) is 51.3 Å². The SMILES string of the molecule is CN1CC(C(N)=O)(C2CCCCC2)C[C@@H]2c3cccc4c3c(cn4C)C[C@H]21. The standard InChI is InChI=1S/C23H31N3O/c1-25-13-15-11-20-18(17-9-6-10-19(25)21(15)17)12-23(22(24)27,14-26(20)2)16-7-4-3-5-8-16/h6,9-10,13,16,18,20H,3-5,7-8,11-12,14H2,1-2H3,(H2,24,27)/t18-,20-,23?/m1/s1. The van der Waals surface area contributed by atoms with Gasteiger partial charge in [-0.05, 0) is 55.8 Å². The lowest BCUT2D eigenvalue weighted by Gasteiger charge is -2.53. The first-order valence-corrected chi connectivity index (χ1v) is 10.6. The second-order valence-electron chi connectivity index (χ2n) is 9.36. The van der Waals surface area contributed by atoms with Crippen LogP contribution in [0.2, 0.25) is 0 Å². The third-order valence-electron chi connectivity index (χ3n) is 7.98. The number of primary amides is 1. The molecule has 27 heavy (non-hydrogen) atoms. The number of hydrogen-bond acceptors (Lipinski definition) is 2. The van der Waals surface area contributed by atoms with Crippen molar-refractivity contribution in [2.24, 2.45) is 24.1 Å². The van der Waals surface area contributed by atoms with Crippen LogP contribution in [0.25, 0.3) is 10.9 Å². The number of piperidine rings is 1. The lowest BCUT2D eigenvalue weighted by atomic mass is 9.59. The molecule has 1 aromatic carbocycles. The van der Waals surface area contributed by atoms with Crippen molar-refractivity contribution in [1.29, 1.82) is 0 Å². The predicted octanol–water partition coefficient (Wildman–Crippen LogP) is 3.57. The number of rotatable bonds is 2.